The molecule has 1 aromatic heterocycles. The number of carboxylic acid groups (broad SMARTS) is 1. The van der Waals surface area contributed by atoms with Gasteiger partial charge in [-0.2, -0.15) is 0 Å². The lowest BCUT2D eigenvalue weighted by atomic mass is 9.87. The van der Waals surface area contributed by atoms with Crippen LogP contribution in [-0.2, 0) is 10.3 Å². The number of aromatic amines is 1. The zero-order valence-corrected chi connectivity index (χ0v) is 12.7. The molecule has 2 aromatic rings. The summed E-state index contributed by atoms with van der Waals surface area (Å²) in [5.74, 6) is -0.197. The molecule has 0 radical (unpaired) electrons. The minimum Gasteiger partial charge on any atom is -0.480 e. The van der Waals surface area contributed by atoms with E-state index in [1.54, 1.807) is 12.4 Å². The first-order valence-electron chi connectivity index (χ1n) is 6.85. The van der Waals surface area contributed by atoms with E-state index in [2.05, 4.69) is 15.3 Å². The molecule has 21 heavy (non-hydrogen) atoms. The van der Waals surface area contributed by atoms with Gasteiger partial charge in [-0.25, -0.2) is 9.78 Å². The molecule has 5 nitrogen and oxygen atoms in total. The quantitative estimate of drug-likeness (QED) is 0.653. The number of carboxylic acids is 1. The molecule has 1 unspecified atom stereocenters. The van der Waals surface area contributed by atoms with Gasteiger partial charge in [0.05, 0.1) is 0 Å². The summed E-state index contributed by atoms with van der Waals surface area (Å²) in [6.07, 6.45) is 3.92. The van der Waals surface area contributed by atoms with E-state index >= 15 is 0 Å². The van der Waals surface area contributed by atoms with Crippen molar-refractivity contribution in [2.45, 2.75) is 24.0 Å². The van der Waals surface area contributed by atoms with E-state index in [9.17, 15) is 9.90 Å². The van der Waals surface area contributed by atoms with Gasteiger partial charge in [0.2, 0.25) is 0 Å². The third kappa shape index (κ3) is 3.65. The van der Waals surface area contributed by atoms with Gasteiger partial charge in [0.15, 0.2) is 5.16 Å². The molecular weight excluding hydrogens is 286 g/mol. The molecule has 1 atom stereocenters. The smallest absolute Gasteiger partial charge is 0.328 e. The van der Waals surface area contributed by atoms with Gasteiger partial charge in [-0.15, -0.1) is 0 Å². The summed E-state index contributed by atoms with van der Waals surface area (Å²) in [6.45, 7) is 2.51. The molecule has 0 amide bonds. The van der Waals surface area contributed by atoms with Crippen LogP contribution >= 0.6 is 11.8 Å². The second-order valence-corrected chi connectivity index (χ2v) is 5.68. The molecule has 1 aromatic carbocycles. The molecule has 112 valence electrons. The van der Waals surface area contributed by atoms with Crippen LogP contribution in [0.5, 0.6) is 0 Å². The Bertz CT molecular complexity index is 560. The molecule has 0 aliphatic carbocycles. The number of aromatic nitrogens is 2. The third-order valence-corrected chi connectivity index (χ3v) is 4.20. The van der Waals surface area contributed by atoms with Crippen LogP contribution in [0, 0.1) is 0 Å². The lowest BCUT2D eigenvalue weighted by molar-refractivity contribution is -0.145. The molecule has 2 rings (SSSR count). The van der Waals surface area contributed by atoms with E-state index in [1.807, 2.05) is 37.3 Å². The molecule has 0 bridgehead atoms. The maximum absolute atomic E-state index is 11.9. The van der Waals surface area contributed by atoms with Crippen LogP contribution in [0.2, 0.25) is 0 Å². The summed E-state index contributed by atoms with van der Waals surface area (Å²) >= 11 is 1.52. The predicted octanol–water partition coefficient (Wildman–Crippen LogP) is 2.48. The van der Waals surface area contributed by atoms with E-state index < -0.39 is 11.5 Å². The van der Waals surface area contributed by atoms with Crippen LogP contribution in [0.1, 0.15) is 18.9 Å². The lowest BCUT2D eigenvalue weighted by Gasteiger charge is -2.30. The van der Waals surface area contributed by atoms with Gasteiger partial charge >= 0.3 is 5.97 Å². The predicted molar refractivity (Wildman–Crippen MR) is 83.4 cm³/mol. The Morgan fingerprint density at radius 1 is 1.43 bits per heavy atom. The monoisotopic (exact) mass is 305 g/mol. The molecule has 0 saturated heterocycles. The zero-order valence-electron chi connectivity index (χ0n) is 11.9. The minimum absolute atomic E-state index is 0.478. The first kappa shape index (κ1) is 15.6. The van der Waals surface area contributed by atoms with Crippen LogP contribution in [-0.4, -0.2) is 33.3 Å². The summed E-state index contributed by atoms with van der Waals surface area (Å²) in [5.41, 5.74) is -0.283. The van der Waals surface area contributed by atoms with Crippen LogP contribution in [0.15, 0.2) is 47.9 Å². The minimum atomic E-state index is -1.06. The highest BCUT2D eigenvalue weighted by Crippen LogP contribution is 2.28. The lowest BCUT2D eigenvalue weighted by Crippen LogP contribution is -2.49. The highest BCUT2D eigenvalue weighted by molar-refractivity contribution is 7.99. The van der Waals surface area contributed by atoms with Crippen LogP contribution in [0.3, 0.4) is 0 Å². The van der Waals surface area contributed by atoms with Gasteiger partial charge in [0.25, 0.3) is 0 Å². The number of hydrogen-bond donors (Lipinski definition) is 3. The summed E-state index contributed by atoms with van der Waals surface area (Å²) in [7, 11) is 0. The van der Waals surface area contributed by atoms with E-state index in [0.717, 1.165) is 10.7 Å². The van der Waals surface area contributed by atoms with Crippen molar-refractivity contribution < 1.29 is 9.90 Å². The molecular formula is C15H19N3O2S. The van der Waals surface area contributed by atoms with Gasteiger partial charge in [-0.05, 0) is 18.5 Å². The van der Waals surface area contributed by atoms with Crippen molar-refractivity contribution in [3.63, 3.8) is 0 Å². The van der Waals surface area contributed by atoms with E-state index in [-0.39, 0.29) is 0 Å². The van der Waals surface area contributed by atoms with Gasteiger partial charge < -0.3 is 10.1 Å². The number of nitrogens with one attached hydrogen (secondary N) is 2. The van der Waals surface area contributed by atoms with Crippen molar-refractivity contribution >= 4 is 17.7 Å². The number of nitrogens with zero attached hydrogens (tertiary/aromatic N) is 1. The SMILES string of the molecule is CCNC(CCSc1ncc[nH]1)(C(=O)O)c1ccccc1. The number of likely N-dealkylation sites (N-methyl/N-ethyl adjacent to an activating group) is 1. The van der Waals surface area contributed by atoms with E-state index in [1.165, 1.54) is 11.8 Å². The molecule has 1 heterocycles. The Hall–Kier alpha value is -1.79. The van der Waals surface area contributed by atoms with Crippen molar-refractivity contribution in [3.8, 4) is 0 Å². The highest BCUT2D eigenvalue weighted by atomic mass is 32.2. The Morgan fingerprint density at radius 2 is 2.19 bits per heavy atom. The second kappa shape index (κ2) is 7.28. The Morgan fingerprint density at radius 3 is 2.76 bits per heavy atom. The van der Waals surface area contributed by atoms with Crippen LogP contribution < -0.4 is 5.32 Å². The fraction of sp³-hybridized carbons (Fsp3) is 0.333. The highest BCUT2D eigenvalue weighted by Gasteiger charge is 2.39. The molecule has 0 spiro atoms. The third-order valence-electron chi connectivity index (χ3n) is 3.30. The maximum Gasteiger partial charge on any atom is 0.328 e. The zero-order chi connectivity index (χ0) is 15.1. The number of thioether (sulfide) groups is 1. The Labute approximate surface area is 128 Å². The molecule has 6 heteroatoms. The van der Waals surface area contributed by atoms with Gasteiger partial charge in [-0.1, -0.05) is 49.0 Å². The Balaban J connectivity index is 2.16. The van der Waals surface area contributed by atoms with E-state index in [0.29, 0.717) is 18.7 Å². The fourth-order valence-electron chi connectivity index (χ4n) is 2.30. The van der Waals surface area contributed by atoms with Gasteiger partial charge in [0, 0.05) is 18.1 Å². The average Bonchev–Trinajstić information content (AvgIpc) is 3.00. The summed E-state index contributed by atoms with van der Waals surface area (Å²) in [4.78, 5) is 19.1. The molecule has 3 N–H and O–H groups in total. The normalized spacial score (nSPS) is 13.8. The second-order valence-electron chi connectivity index (χ2n) is 4.60. The fourth-order valence-corrected chi connectivity index (χ4v) is 3.18. The van der Waals surface area contributed by atoms with Crippen LogP contribution in [0.4, 0.5) is 0 Å². The largest absolute Gasteiger partial charge is 0.480 e. The number of carbonyl (C=O) groups is 1. The number of rotatable bonds is 8. The van der Waals surface area contributed by atoms with Gasteiger partial charge in [-0.3, -0.25) is 5.32 Å². The first-order chi connectivity index (χ1) is 10.2. The molecule has 0 aliphatic heterocycles. The Kier molecular flexibility index (Phi) is 5.41. The van der Waals surface area contributed by atoms with Crippen molar-refractivity contribution in [2.75, 3.05) is 12.3 Å². The number of H-pyrrole nitrogens is 1. The number of imidazole rings is 1. The topological polar surface area (TPSA) is 78.0 Å². The van der Waals surface area contributed by atoms with Crippen molar-refractivity contribution in [2.24, 2.45) is 0 Å². The number of benzene rings is 1. The first-order valence-corrected chi connectivity index (χ1v) is 7.83. The summed E-state index contributed by atoms with van der Waals surface area (Å²) < 4.78 is 0. The molecule has 0 aliphatic rings. The van der Waals surface area contributed by atoms with Gasteiger partial charge in [0.1, 0.15) is 5.54 Å². The average molecular weight is 305 g/mol. The van der Waals surface area contributed by atoms with Crippen molar-refractivity contribution in [3.05, 3.63) is 48.3 Å². The molecule has 0 saturated carbocycles. The molecule has 0 fully saturated rings. The summed E-state index contributed by atoms with van der Waals surface area (Å²) in [6, 6.07) is 9.33. The number of aliphatic carboxylic acids is 1. The van der Waals surface area contributed by atoms with Crippen molar-refractivity contribution in [1.82, 2.24) is 15.3 Å². The van der Waals surface area contributed by atoms with E-state index in [4.69, 9.17) is 0 Å². The van der Waals surface area contributed by atoms with Crippen LogP contribution in [0.25, 0.3) is 0 Å². The summed E-state index contributed by atoms with van der Waals surface area (Å²) in [5, 5.41) is 13.7. The standard InChI is InChI=1S/C15H19N3O2S/c1-2-18-15(13(19)20,12-6-4-3-5-7-12)8-11-21-14-16-9-10-17-14/h3-7,9-10,18H,2,8,11H2,1H3,(H,16,17)(H,19,20). The number of hydrogen-bond acceptors (Lipinski definition) is 4. The maximum atomic E-state index is 11.9. The van der Waals surface area contributed by atoms with Crippen molar-refractivity contribution in [1.29, 1.82) is 0 Å².